The predicted molar refractivity (Wildman–Crippen MR) is 116 cm³/mol. The van der Waals surface area contributed by atoms with Gasteiger partial charge in [-0.05, 0) is 53.6 Å². The van der Waals surface area contributed by atoms with Gasteiger partial charge in [-0.15, -0.1) is 0 Å². The highest BCUT2D eigenvalue weighted by Crippen LogP contribution is 2.45. The van der Waals surface area contributed by atoms with Crippen molar-refractivity contribution in [2.45, 2.75) is 26.2 Å². The number of unbranched alkanes of at least 4 members (excludes halogenated alkanes) is 1. The van der Waals surface area contributed by atoms with Crippen molar-refractivity contribution < 1.29 is 0 Å². The van der Waals surface area contributed by atoms with E-state index in [4.69, 9.17) is 4.99 Å². The highest BCUT2D eigenvalue weighted by molar-refractivity contribution is 14.1. The third-order valence-electron chi connectivity index (χ3n) is 3.98. The molecular weight excluding hydrogens is 427 g/mol. The number of anilines is 1. The van der Waals surface area contributed by atoms with E-state index in [-0.39, 0.29) is 0 Å². The van der Waals surface area contributed by atoms with Gasteiger partial charge in [0.1, 0.15) is 0 Å². The molecule has 0 unspecified atom stereocenters. The quantitative estimate of drug-likeness (QED) is 0.476. The summed E-state index contributed by atoms with van der Waals surface area (Å²) < 4.78 is 1.43. The first-order chi connectivity index (χ1) is 11.7. The van der Waals surface area contributed by atoms with Crippen molar-refractivity contribution in [2.75, 3.05) is 11.9 Å². The average molecular weight is 448 g/mol. The van der Waals surface area contributed by atoms with Crippen molar-refractivity contribution in [2.24, 2.45) is 4.99 Å². The molecule has 0 radical (unpaired) electrons. The lowest BCUT2D eigenvalue weighted by Crippen LogP contribution is -2.24. The van der Waals surface area contributed by atoms with Crippen molar-refractivity contribution in [1.82, 2.24) is 0 Å². The van der Waals surface area contributed by atoms with Crippen molar-refractivity contribution in [3.05, 3.63) is 63.7 Å². The first-order valence-electron chi connectivity index (χ1n) is 8.24. The molecule has 0 fully saturated rings. The molecule has 3 rings (SSSR count). The number of rotatable bonds is 4. The third-order valence-corrected chi connectivity index (χ3v) is 6.65. The number of halogens is 1. The molecule has 0 bridgehead atoms. The van der Waals surface area contributed by atoms with Gasteiger partial charge in [-0.1, -0.05) is 61.5 Å². The number of hydrogen-bond acceptors (Lipinski definition) is 3. The smallest absolute Gasteiger partial charge is 0.173 e. The molecule has 2 nitrogen and oxygen atoms in total. The van der Waals surface area contributed by atoms with Crippen LogP contribution in [0.5, 0.6) is 0 Å². The second kappa shape index (κ2) is 8.21. The Morgan fingerprint density at radius 2 is 1.79 bits per heavy atom. The number of para-hydroxylation sites is 2. The van der Waals surface area contributed by atoms with Crippen LogP contribution in [0.4, 0.5) is 11.4 Å². The Morgan fingerprint density at radius 1 is 1.08 bits per heavy atom. The maximum atomic E-state index is 4.90. The van der Waals surface area contributed by atoms with Crippen molar-refractivity contribution in [3.8, 4) is 0 Å². The number of hydrogen-bond donors (Lipinski definition) is 0. The molecule has 24 heavy (non-hydrogen) atoms. The minimum atomic E-state index is 1.03. The molecule has 0 saturated heterocycles. The molecule has 4 heteroatoms. The van der Waals surface area contributed by atoms with Crippen LogP contribution in [0.3, 0.4) is 0 Å². The van der Waals surface area contributed by atoms with Gasteiger partial charge in [0.2, 0.25) is 0 Å². The molecule has 1 aliphatic heterocycles. The Hall–Kier alpha value is -1.27. The first kappa shape index (κ1) is 17.5. The van der Waals surface area contributed by atoms with Crippen LogP contribution < -0.4 is 4.90 Å². The van der Waals surface area contributed by atoms with Crippen LogP contribution in [0.15, 0.2) is 63.2 Å². The predicted octanol–water partition coefficient (Wildman–Crippen LogP) is 6.85. The molecular formula is C20H21IN2S. The summed E-state index contributed by atoms with van der Waals surface area (Å²) in [5.41, 5.74) is 3.48. The van der Waals surface area contributed by atoms with Crippen molar-refractivity contribution in [3.63, 3.8) is 0 Å². The summed E-state index contributed by atoms with van der Waals surface area (Å²) in [5, 5.41) is 1.03. The van der Waals surface area contributed by atoms with E-state index in [2.05, 4.69) is 90.0 Å². The number of allylic oxidation sites excluding steroid dienone is 1. The highest BCUT2D eigenvalue weighted by Gasteiger charge is 2.23. The van der Waals surface area contributed by atoms with E-state index in [0.717, 1.165) is 23.0 Å². The number of fused-ring (bicyclic) bond motifs is 1. The van der Waals surface area contributed by atoms with Gasteiger partial charge in [0, 0.05) is 26.8 Å². The van der Waals surface area contributed by atoms with E-state index >= 15 is 0 Å². The Kier molecular flexibility index (Phi) is 6.00. The molecule has 0 spiro atoms. The maximum Gasteiger partial charge on any atom is 0.173 e. The van der Waals surface area contributed by atoms with Gasteiger partial charge in [-0.3, -0.25) is 0 Å². The maximum absolute atomic E-state index is 4.90. The van der Waals surface area contributed by atoms with Crippen LogP contribution in [0.25, 0.3) is 4.91 Å². The molecule has 124 valence electrons. The van der Waals surface area contributed by atoms with Gasteiger partial charge in [0.05, 0.1) is 5.69 Å². The van der Waals surface area contributed by atoms with Gasteiger partial charge in [0.15, 0.2) is 5.17 Å². The SMILES string of the molecule is CCCC/C(I)=C1\SC(N(C)c2ccccc2)=Nc2ccccc21. The summed E-state index contributed by atoms with van der Waals surface area (Å²) in [7, 11) is 2.09. The minimum absolute atomic E-state index is 1.03. The van der Waals surface area contributed by atoms with Gasteiger partial charge in [0.25, 0.3) is 0 Å². The summed E-state index contributed by atoms with van der Waals surface area (Å²) in [4.78, 5) is 8.43. The minimum Gasteiger partial charge on any atom is -0.324 e. The third kappa shape index (κ3) is 3.86. The van der Waals surface area contributed by atoms with Crippen LogP contribution in [0, 0.1) is 0 Å². The van der Waals surface area contributed by atoms with E-state index in [1.165, 1.54) is 26.9 Å². The van der Waals surface area contributed by atoms with E-state index in [9.17, 15) is 0 Å². The van der Waals surface area contributed by atoms with E-state index in [1.54, 1.807) is 11.8 Å². The Morgan fingerprint density at radius 3 is 2.54 bits per heavy atom. The number of aliphatic imine (C=N–C) groups is 1. The summed E-state index contributed by atoms with van der Waals surface area (Å²) in [5.74, 6) is 0. The Labute approximate surface area is 162 Å². The van der Waals surface area contributed by atoms with Crippen LogP contribution in [0.2, 0.25) is 0 Å². The monoisotopic (exact) mass is 448 g/mol. The molecule has 0 amide bonds. The lowest BCUT2D eigenvalue weighted by molar-refractivity contribution is 0.813. The molecule has 1 heterocycles. The standard InChI is InChI=1S/C20H21IN2S/c1-3-4-13-17(21)19-16-12-8-9-14-18(16)22-20(24-19)23(2)15-10-6-5-7-11-15/h5-12,14H,3-4,13H2,1-2H3/b19-17+. The second-order valence-corrected chi connectivity index (χ2v) is 8.03. The van der Waals surface area contributed by atoms with Crippen LogP contribution in [-0.2, 0) is 0 Å². The fourth-order valence-corrected chi connectivity index (χ4v) is 4.65. The summed E-state index contributed by atoms with van der Waals surface area (Å²) >= 11 is 4.30. The molecule has 2 aromatic rings. The number of benzene rings is 2. The molecule has 0 aromatic heterocycles. The fraction of sp³-hybridized carbons (Fsp3) is 0.250. The van der Waals surface area contributed by atoms with Crippen LogP contribution in [0.1, 0.15) is 31.7 Å². The average Bonchev–Trinajstić information content (AvgIpc) is 2.65. The molecule has 0 atom stereocenters. The van der Waals surface area contributed by atoms with Gasteiger partial charge >= 0.3 is 0 Å². The van der Waals surface area contributed by atoms with Crippen molar-refractivity contribution in [1.29, 1.82) is 0 Å². The summed E-state index contributed by atoms with van der Waals surface area (Å²) in [6.45, 7) is 2.24. The van der Waals surface area contributed by atoms with E-state index in [0.29, 0.717) is 0 Å². The normalized spacial score (nSPS) is 15.5. The van der Waals surface area contributed by atoms with Gasteiger partial charge in [-0.2, -0.15) is 0 Å². The Bertz CT molecular complexity index is 768. The molecule has 0 saturated carbocycles. The molecule has 1 aliphatic rings. The second-order valence-electron chi connectivity index (χ2n) is 5.75. The zero-order chi connectivity index (χ0) is 16.9. The topological polar surface area (TPSA) is 15.6 Å². The zero-order valence-corrected chi connectivity index (χ0v) is 17.0. The zero-order valence-electron chi connectivity index (χ0n) is 14.0. The lowest BCUT2D eigenvalue weighted by Gasteiger charge is -2.26. The summed E-state index contributed by atoms with van der Waals surface area (Å²) in [6.07, 6.45) is 3.58. The number of nitrogens with zero attached hydrogens (tertiary/aromatic N) is 2. The van der Waals surface area contributed by atoms with Crippen LogP contribution in [-0.4, -0.2) is 12.2 Å². The van der Waals surface area contributed by atoms with Gasteiger partial charge < -0.3 is 4.90 Å². The first-order valence-corrected chi connectivity index (χ1v) is 10.1. The largest absolute Gasteiger partial charge is 0.324 e. The molecule has 0 aliphatic carbocycles. The molecule has 0 N–H and O–H groups in total. The lowest BCUT2D eigenvalue weighted by atomic mass is 10.1. The fourth-order valence-electron chi connectivity index (χ4n) is 2.59. The van der Waals surface area contributed by atoms with E-state index in [1.807, 2.05) is 6.07 Å². The molecule has 2 aromatic carbocycles. The van der Waals surface area contributed by atoms with E-state index < -0.39 is 0 Å². The van der Waals surface area contributed by atoms with Crippen LogP contribution >= 0.6 is 34.4 Å². The summed E-state index contributed by atoms with van der Waals surface area (Å²) in [6, 6.07) is 18.9. The van der Waals surface area contributed by atoms with Crippen molar-refractivity contribution >= 4 is 55.8 Å². The van der Waals surface area contributed by atoms with Gasteiger partial charge in [-0.25, -0.2) is 4.99 Å². The Balaban J connectivity index is 2.00. The highest BCUT2D eigenvalue weighted by atomic mass is 127. The number of thioether (sulfide) groups is 1. The number of amidine groups is 1.